The number of hydrogen-bond donors (Lipinski definition) is 0. The Morgan fingerprint density at radius 1 is 1.47 bits per heavy atom. The molecule has 0 atom stereocenters. The van der Waals surface area contributed by atoms with Gasteiger partial charge in [0.1, 0.15) is 0 Å². The van der Waals surface area contributed by atoms with Gasteiger partial charge in [0.2, 0.25) is 0 Å². The summed E-state index contributed by atoms with van der Waals surface area (Å²) in [6, 6.07) is 5.74. The van der Waals surface area contributed by atoms with E-state index in [0.29, 0.717) is 0 Å². The lowest BCUT2D eigenvalue weighted by molar-refractivity contribution is 0.101. The van der Waals surface area contributed by atoms with E-state index in [4.69, 9.17) is 0 Å². The van der Waals surface area contributed by atoms with E-state index in [1.807, 2.05) is 29.9 Å². The van der Waals surface area contributed by atoms with Gasteiger partial charge in [-0.15, -0.1) is 0 Å². The third-order valence-electron chi connectivity index (χ3n) is 2.67. The van der Waals surface area contributed by atoms with Gasteiger partial charge < -0.3 is 0 Å². The second kappa shape index (κ2) is 3.50. The number of aromatic nitrogens is 2. The van der Waals surface area contributed by atoms with Gasteiger partial charge in [-0.3, -0.25) is 9.48 Å². The van der Waals surface area contributed by atoms with Crippen LogP contribution in [-0.2, 0) is 13.5 Å². The first kappa shape index (κ1) is 9.90. The van der Waals surface area contributed by atoms with E-state index in [2.05, 4.69) is 12.0 Å². The molecule has 0 saturated heterocycles. The van der Waals surface area contributed by atoms with E-state index in [-0.39, 0.29) is 5.78 Å². The Kier molecular flexibility index (Phi) is 2.31. The molecule has 0 fully saturated rings. The highest BCUT2D eigenvalue weighted by Gasteiger charge is 2.08. The van der Waals surface area contributed by atoms with Gasteiger partial charge in [-0.05, 0) is 31.5 Å². The predicted molar refractivity (Wildman–Crippen MR) is 60.1 cm³/mol. The van der Waals surface area contributed by atoms with Crippen molar-refractivity contribution in [3.05, 3.63) is 29.5 Å². The fraction of sp³-hybridized carbons (Fsp3) is 0.333. The summed E-state index contributed by atoms with van der Waals surface area (Å²) in [5.41, 5.74) is 2.89. The molecule has 15 heavy (non-hydrogen) atoms. The second-order valence-corrected chi connectivity index (χ2v) is 3.71. The summed E-state index contributed by atoms with van der Waals surface area (Å²) in [7, 11) is 1.93. The van der Waals surface area contributed by atoms with Crippen molar-refractivity contribution < 1.29 is 4.79 Å². The lowest BCUT2D eigenvalue weighted by Gasteiger charge is -1.97. The molecule has 2 aromatic rings. The number of fused-ring (bicyclic) bond motifs is 1. The quantitative estimate of drug-likeness (QED) is 0.700. The highest BCUT2D eigenvalue weighted by molar-refractivity contribution is 5.98. The van der Waals surface area contributed by atoms with Crippen LogP contribution in [0.5, 0.6) is 0 Å². The van der Waals surface area contributed by atoms with Crippen molar-refractivity contribution in [1.29, 1.82) is 0 Å². The Labute approximate surface area is 88.7 Å². The minimum Gasteiger partial charge on any atom is -0.295 e. The Bertz CT molecular complexity index is 526. The van der Waals surface area contributed by atoms with Crippen LogP contribution in [0.1, 0.15) is 29.9 Å². The molecule has 1 heterocycles. The fourth-order valence-electron chi connectivity index (χ4n) is 1.82. The molecule has 0 bridgehead atoms. The maximum atomic E-state index is 11.3. The molecular weight excluding hydrogens is 188 g/mol. The van der Waals surface area contributed by atoms with E-state index >= 15 is 0 Å². The first-order valence-electron chi connectivity index (χ1n) is 5.10. The number of carbonyl (C=O) groups is 1. The molecule has 0 aliphatic rings. The summed E-state index contributed by atoms with van der Waals surface area (Å²) >= 11 is 0. The number of nitrogens with zero attached hydrogens (tertiary/aromatic N) is 2. The third kappa shape index (κ3) is 1.54. The normalized spacial score (nSPS) is 10.9. The minimum absolute atomic E-state index is 0.0998. The minimum atomic E-state index is 0.0998. The molecule has 2 rings (SSSR count). The van der Waals surface area contributed by atoms with E-state index in [9.17, 15) is 4.79 Å². The highest BCUT2D eigenvalue weighted by atomic mass is 16.1. The number of aryl methyl sites for hydroxylation is 2. The lowest BCUT2D eigenvalue weighted by atomic mass is 10.1. The van der Waals surface area contributed by atoms with Gasteiger partial charge in [0.05, 0.1) is 11.2 Å². The molecule has 0 aliphatic carbocycles. The molecule has 0 N–H and O–H groups in total. The Morgan fingerprint density at radius 3 is 2.80 bits per heavy atom. The van der Waals surface area contributed by atoms with Crippen molar-refractivity contribution in [1.82, 2.24) is 9.78 Å². The number of Topliss-reactive ketones (excluding diaryl/α,β-unsaturated/α-hetero) is 1. The van der Waals surface area contributed by atoms with Crippen LogP contribution in [0.25, 0.3) is 10.9 Å². The number of hydrogen-bond acceptors (Lipinski definition) is 2. The van der Waals surface area contributed by atoms with Crippen molar-refractivity contribution >= 4 is 16.7 Å². The van der Waals surface area contributed by atoms with Crippen molar-refractivity contribution in [3.63, 3.8) is 0 Å². The van der Waals surface area contributed by atoms with E-state index in [1.165, 1.54) is 0 Å². The van der Waals surface area contributed by atoms with Crippen LogP contribution < -0.4 is 0 Å². The second-order valence-electron chi connectivity index (χ2n) is 3.71. The van der Waals surface area contributed by atoms with Gasteiger partial charge in [-0.2, -0.15) is 5.10 Å². The highest BCUT2D eigenvalue weighted by Crippen LogP contribution is 2.20. The van der Waals surface area contributed by atoms with E-state index in [1.54, 1.807) is 6.92 Å². The van der Waals surface area contributed by atoms with Gasteiger partial charge in [-0.1, -0.05) is 6.92 Å². The molecule has 78 valence electrons. The predicted octanol–water partition coefficient (Wildman–Crippen LogP) is 2.34. The topological polar surface area (TPSA) is 34.9 Å². The molecule has 0 amide bonds. The molecule has 1 aromatic heterocycles. The summed E-state index contributed by atoms with van der Waals surface area (Å²) in [6.07, 6.45) is 0.888. The molecular formula is C12H14N2O. The van der Waals surface area contributed by atoms with E-state index < -0.39 is 0 Å². The first-order valence-corrected chi connectivity index (χ1v) is 5.10. The molecule has 0 aliphatic heterocycles. The molecule has 0 saturated carbocycles. The first-order chi connectivity index (χ1) is 7.13. The number of benzene rings is 1. The van der Waals surface area contributed by atoms with Gasteiger partial charge in [0.15, 0.2) is 5.78 Å². The smallest absolute Gasteiger partial charge is 0.159 e. The zero-order chi connectivity index (χ0) is 11.0. The lowest BCUT2D eigenvalue weighted by Crippen LogP contribution is -1.92. The molecule has 0 spiro atoms. The average Bonchev–Trinajstić information content (AvgIpc) is 2.55. The van der Waals surface area contributed by atoms with Gasteiger partial charge >= 0.3 is 0 Å². The standard InChI is InChI=1S/C12H14N2O/c1-4-11-10-7-9(8(2)15)5-6-12(10)14(3)13-11/h5-7H,4H2,1-3H3. The van der Waals surface area contributed by atoms with E-state index in [0.717, 1.165) is 28.6 Å². The van der Waals surface area contributed by atoms with Crippen molar-refractivity contribution in [3.8, 4) is 0 Å². The van der Waals surface area contributed by atoms with Crippen molar-refractivity contribution in [2.24, 2.45) is 7.05 Å². The van der Waals surface area contributed by atoms with Crippen LogP contribution in [0.4, 0.5) is 0 Å². The van der Waals surface area contributed by atoms with Crippen LogP contribution in [-0.4, -0.2) is 15.6 Å². The Balaban J connectivity index is 2.73. The molecule has 0 radical (unpaired) electrons. The zero-order valence-corrected chi connectivity index (χ0v) is 9.24. The van der Waals surface area contributed by atoms with Gasteiger partial charge in [-0.25, -0.2) is 0 Å². The maximum Gasteiger partial charge on any atom is 0.159 e. The number of carbonyl (C=O) groups excluding carboxylic acids is 1. The van der Waals surface area contributed by atoms with Crippen LogP contribution in [0, 0.1) is 0 Å². The van der Waals surface area contributed by atoms with Gasteiger partial charge in [0, 0.05) is 18.0 Å². The van der Waals surface area contributed by atoms with Crippen LogP contribution in [0.15, 0.2) is 18.2 Å². The number of ketones is 1. The summed E-state index contributed by atoms with van der Waals surface area (Å²) in [4.78, 5) is 11.3. The average molecular weight is 202 g/mol. The molecule has 1 aromatic carbocycles. The summed E-state index contributed by atoms with van der Waals surface area (Å²) in [5.74, 6) is 0.0998. The molecule has 3 nitrogen and oxygen atoms in total. The maximum absolute atomic E-state index is 11.3. The van der Waals surface area contributed by atoms with Gasteiger partial charge in [0.25, 0.3) is 0 Å². The third-order valence-corrected chi connectivity index (χ3v) is 2.67. The summed E-state index contributed by atoms with van der Waals surface area (Å²) < 4.78 is 1.86. The monoisotopic (exact) mass is 202 g/mol. The number of rotatable bonds is 2. The summed E-state index contributed by atoms with van der Waals surface area (Å²) in [6.45, 7) is 3.66. The fourth-order valence-corrected chi connectivity index (χ4v) is 1.82. The Hall–Kier alpha value is -1.64. The Morgan fingerprint density at radius 2 is 2.20 bits per heavy atom. The SMILES string of the molecule is CCc1nn(C)c2ccc(C(C)=O)cc12. The van der Waals surface area contributed by atoms with Crippen LogP contribution in [0.3, 0.4) is 0 Å². The molecule has 3 heteroatoms. The van der Waals surface area contributed by atoms with Crippen LogP contribution in [0.2, 0.25) is 0 Å². The van der Waals surface area contributed by atoms with Crippen molar-refractivity contribution in [2.45, 2.75) is 20.3 Å². The summed E-state index contributed by atoms with van der Waals surface area (Å²) in [5, 5.41) is 5.50. The largest absolute Gasteiger partial charge is 0.295 e. The zero-order valence-electron chi connectivity index (χ0n) is 9.24. The van der Waals surface area contributed by atoms with Crippen molar-refractivity contribution in [2.75, 3.05) is 0 Å². The molecule has 0 unspecified atom stereocenters. The van der Waals surface area contributed by atoms with Crippen LogP contribution >= 0.6 is 0 Å².